The van der Waals surface area contributed by atoms with Gasteiger partial charge >= 0.3 is 12.1 Å². The van der Waals surface area contributed by atoms with E-state index in [4.69, 9.17) is 9.15 Å². The molecule has 0 saturated heterocycles. The molecule has 11 nitrogen and oxygen atoms in total. The lowest BCUT2D eigenvalue weighted by molar-refractivity contribution is 0.0981. The number of rotatable bonds is 7. The van der Waals surface area contributed by atoms with Crippen molar-refractivity contribution in [1.82, 2.24) is 20.5 Å². The molecule has 3 rings (SSSR count). The second kappa shape index (κ2) is 8.09. The minimum atomic E-state index is -3.44. The van der Waals surface area contributed by atoms with Gasteiger partial charge in [-0.2, -0.15) is 10.1 Å². The highest BCUT2D eigenvalue weighted by Gasteiger charge is 2.30. The first kappa shape index (κ1) is 20.0. The Morgan fingerprint density at radius 3 is 2.89 bits per heavy atom. The fourth-order valence-corrected chi connectivity index (χ4v) is 3.49. The molecular weight excluding hydrogens is 388 g/mol. The molecule has 1 fully saturated rings. The van der Waals surface area contributed by atoms with E-state index in [0.29, 0.717) is 12.2 Å². The van der Waals surface area contributed by atoms with Crippen LogP contribution >= 0.6 is 0 Å². The second-order valence-corrected chi connectivity index (χ2v) is 8.82. The van der Waals surface area contributed by atoms with Crippen LogP contribution in [0.3, 0.4) is 0 Å². The number of nitrogens with one attached hydrogen (secondary N) is 4. The van der Waals surface area contributed by atoms with Gasteiger partial charge in [0.05, 0.1) is 12.5 Å². The van der Waals surface area contributed by atoms with Gasteiger partial charge in [-0.1, -0.05) is 0 Å². The summed E-state index contributed by atoms with van der Waals surface area (Å²) in [7, 11) is -3.44. The van der Waals surface area contributed by atoms with Gasteiger partial charge in [0, 0.05) is 23.7 Å². The lowest BCUT2D eigenvalue weighted by atomic mass is 10.0. The number of alkyl carbamates (subject to hydrolysis) is 1. The maximum absolute atomic E-state index is 11.7. The number of sulfonamides is 1. The SMILES string of the molecule is CC(C)NC(=O)OC1CCC(c2cc(Nc3ncc(NS(C)(=O)=O)o3)n[nH]2)C1. The van der Waals surface area contributed by atoms with Crippen LogP contribution in [0.25, 0.3) is 0 Å². The van der Waals surface area contributed by atoms with Crippen molar-refractivity contribution >= 4 is 33.8 Å². The molecule has 2 unspecified atom stereocenters. The Morgan fingerprint density at radius 1 is 1.39 bits per heavy atom. The minimum Gasteiger partial charge on any atom is -0.446 e. The van der Waals surface area contributed by atoms with E-state index >= 15 is 0 Å². The van der Waals surface area contributed by atoms with Gasteiger partial charge in [-0.3, -0.25) is 15.1 Å². The molecule has 154 valence electrons. The fourth-order valence-electron chi connectivity index (χ4n) is 3.03. The number of amides is 1. The van der Waals surface area contributed by atoms with Crippen LogP contribution in [-0.2, 0) is 14.8 Å². The van der Waals surface area contributed by atoms with Crippen molar-refractivity contribution in [2.45, 2.75) is 51.2 Å². The Bertz CT molecular complexity index is 922. The fraction of sp³-hybridized carbons (Fsp3) is 0.562. The third kappa shape index (κ3) is 5.62. The van der Waals surface area contributed by atoms with Crippen LogP contribution in [-0.4, -0.2) is 48.1 Å². The molecule has 4 N–H and O–H groups in total. The summed E-state index contributed by atoms with van der Waals surface area (Å²) in [4.78, 5) is 15.7. The third-order valence-electron chi connectivity index (χ3n) is 4.13. The Kier molecular flexibility index (Phi) is 5.77. The molecule has 1 amide bonds. The lowest BCUT2D eigenvalue weighted by Crippen LogP contribution is -2.33. The van der Waals surface area contributed by atoms with Gasteiger partial charge in [-0.25, -0.2) is 13.2 Å². The van der Waals surface area contributed by atoms with E-state index in [0.717, 1.165) is 24.8 Å². The highest BCUT2D eigenvalue weighted by atomic mass is 32.2. The number of oxazole rings is 1. The minimum absolute atomic E-state index is 0.0104. The predicted molar refractivity (Wildman–Crippen MR) is 102 cm³/mol. The zero-order chi connectivity index (χ0) is 20.3. The zero-order valence-corrected chi connectivity index (χ0v) is 16.7. The van der Waals surface area contributed by atoms with Gasteiger partial charge in [-0.05, 0) is 33.1 Å². The molecule has 2 heterocycles. The molecule has 0 bridgehead atoms. The van der Waals surface area contributed by atoms with Crippen molar-refractivity contribution < 1.29 is 22.4 Å². The number of nitrogens with zero attached hydrogens (tertiary/aromatic N) is 2. The standard InChI is InChI=1S/C16H24N6O5S/c1-9(2)18-16(23)26-11-5-4-10(6-11)12-7-13(21-20-12)19-15-17-8-14(27-15)22-28(3,24)25/h7-11,22H,4-6H2,1-3H3,(H,18,23)(H2,17,19,20,21). The Labute approximate surface area is 162 Å². The number of carbonyl (C=O) groups is 1. The Morgan fingerprint density at radius 2 is 2.18 bits per heavy atom. The molecule has 2 aromatic rings. The zero-order valence-electron chi connectivity index (χ0n) is 15.9. The highest BCUT2D eigenvalue weighted by Crippen LogP contribution is 2.36. The van der Waals surface area contributed by atoms with Crippen LogP contribution in [0.15, 0.2) is 16.7 Å². The van der Waals surface area contributed by atoms with E-state index in [1.54, 1.807) is 0 Å². The van der Waals surface area contributed by atoms with Crippen molar-refractivity contribution in [2.75, 3.05) is 16.3 Å². The van der Waals surface area contributed by atoms with Gasteiger partial charge in [0.25, 0.3) is 0 Å². The molecule has 2 aromatic heterocycles. The number of aromatic amines is 1. The third-order valence-corrected chi connectivity index (χ3v) is 4.70. The van der Waals surface area contributed by atoms with E-state index in [-0.39, 0.29) is 30.0 Å². The van der Waals surface area contributed by atoms with Crippen LogP contribution < -0.4 is 15.4 Å². The smallest absolute Gasteiger partial charge is 0.407 e. The molecule has 2 atom stereocenters. The molecule has 0 spiro atoms. The summed E-state index contributed by atoms with van der Waals surface area (Å²) in [5.41, 5.74) is 0.916. The monoisotopic (exact) mass is 412 g/mol. The van der Waals surface area contributed by atoms with Crippen LogP contribution in [0.2, 0.25) is 0 Å². The van der Waals surface area contributed by atoms with E-state index in [9.17, 15) is 13.2 Å². The second-order valence-electron chi connectivity index (χ2n) is 7.07. The van der Waals surface area contributed by atoms with E-state index in [1.807, 2.05) is 19.9 Å². The van der Waals surface area contributed by atoms with Crippen LogP contribution in [0.1, 0.15) is 44.7 Å². The molecule has 0 aromatic carbocycles. The number of hydrogen-bond acceptors (Lipinski definition) is 8. The summed E-state index contributed by atoms with van der Waals surface area (Å²) in [5.74, 6) is 0.702. The van der Waals surface area contributed by atoms with E-state index in [1.165, 1.54) is 6.20 Å². The first-order chi connectivity index (χ1) is 13.2. The summed E-state index contributed by atoms with van der Waals surface area (Å²) in [6.07, 6.45) is 4.15. The average molecular weight is 412 g/mol. The number of aromatic nitrogens is 3. The summed E-state index contributed by atoms with van der Waals surface area (Å²) in [5, 5.41) is 12.7. The molecular formula is C16H24N6O5S. The Hall–Kier alpha value is -2.76. The van der Waals surface area contributed by atoms with Gasteiger partial charge < -0.3 is 14.5 Å². The summed E-state index contributed by atoms with van der Waals surface area (Å²) in [6, 6.07) is 1.98. The average Bonchev–Trinajstić information content (AvgIpc) is 3.27. The molecule has 1 aliphatic carbocycles. The number of anilines is 3. The predicted octanol–water partition coefficient (Wildman–Crippen LogP) is 2.28. The molecule has 1 saturated carbocycles. The maximum atomic E-state index is 11.7. The van der Waals surface area contributed by atoms with Crippen molar-refractivity contribution in [3.8, 4) is 0 Å². The lowest BCUT2D eigenvalue weighted by Gasteiger charge is -2.14. The summed E-state index contributed by atoms with van der Waals surface area (Å²) < 4.78 is 35.3. The first-order valence-electron chi connectivity index (χ1n) is 8.91. The van der Waals surface area contributed by atoms with E-state index < -0.39 is 16.1 Å². The maximum Gasteiger partial charge on any atom is 0.407 e. The number of ether oxygens (including phenoxy) is 1. The van der Waals surface area contributed by atoms with Gasteiger partial charge in [0.2, 0.25) is 15.9 Å². The van der Waals surface area contributed by atoms with Gasteiger partial charge in [0.15, 0.2) is 5.82 Å². The summed E-state index contributed by atoms with van der Waals surface area (Å²) >= 11 is 0. The largest absolute Gasteiger partial charge is 0.446 e. The number of H-pyrrole nitrogens is 1. The Balaban J connectivity index is 1.54. The molecule has 0 radical (unpaired) electrons. The van der Waals surface area contributed by atoms with Crippen LogP contribution in [0.4, 0.5) is 22.5 Å². The van der Waals surface area contributed by atoms with Crippen molar-refractivity contribution in [1.29, 1.82) is 0 Å². The molecule has 28 heavy (non-hydrogen) atoms. The molecule has 0 aliphatic heterocycles. The molecule has 1 aliphatic rings. The van der Waals surface area contributed by atoms with Gasteiger partial charge in [0.1, 0.15) is 6.10 Å². The normalized spacial score (nSPS) is 19.6. The van der Waals surface area contributed by atoms with Crippen molar-refractivity contribution in [2.24, 2.45) is 0 Å². The first-order valence-corrected chi connectivity index (χ1v) is 10.8. The number of hydrogen-bond donors (Lipinski definition) is 4. The summed E-state index contributed by atoms with van der Waals surface area (Å²) in [6.45, 7) is 3.76. The van der Waals surface area contributed by atoms with Crippen molar-refractivity contribution in [3.63, 3.8) is 0 Å². The molecule has 12 heteroatoms. The van der Waals surface area contributed by atoms with Crippen LogP contribution in [0.5, 0.6) is 0 Å². The van der Waals surface area contributed by atoms with Crippen LogP contribution in [0, 0.1) is 0 Å². The van der Waals surface area contributed by atoms with Gasteiger partial charge in [-0.15, -0.1) is 0 Å². The quantitative estimate of drug-likeness (QED) is 0.540. The number of carbonyl (C=O) groups excluding carboxylic acids is 1. The van der Waals surface area contributed by atoms with E-state index in [2.05, 4.69) is 30.5 Å². The highest BCUT2D eigenvalue weighted by molar-refractivity contribution is 7.92. The van der Waals surface area contributed by atoms with Crippen molar-refractivity contribution in [3.05, 3.63) is 18.0 Å². The topological polar surface area (TPSA) is 151 Å².